The summed E-state index contributed by atoms with van der Waals surface area (Å²) in [5, 5.41) is 0.698. The van der Waals surface area contributed by atoms with Gasteiger partial charge in [0.1, 0.15) is 0 Å². The maximum absolute atomic E-state index is 10.5. The summed E-state index contributed by atoms with van der Waals surface area (Å²) in [4.78, 5) is 10.4. The maximum Gasteiger partial charge on any atom is 0.190 e. The molecule has 0 aliphatic carbocycles. The van der Waals surface area contributed by atoms with Crippen LogP contribution in [0.1, 0.15) is 6.42 Å². The average Bonchev–Trinajstić information content (AvgIpc) is 1.77. The molecule has 1 aliphatic rings. The van der Waals surface area contributed by atoms with Gasteiger partial charge in [0.15, 0.2) is 5.12 Å². The lowest BCUT2D eigenvalue weighted by molar-refractivity contribution is -0.110. The Morgan fingerprint density at radius 2 is 2.38 bits per heavy atom. The fourth-order valence-electron chi connectivity index (χ4n) is 0.460. The fraction of sp³-hybridized carbons (Fsp3) is 0.750. The summed E-state index contributed by atoms with van der Waals surface area (Å²) in [5.74, 6) is 0.575. The zero-order valence-corrected chi connectivity index (χ0v) is 5.89. The van der Waals surface area contributed by atoms with E-state index in [2.05, 4.69) is 0 Å². The van der Waals surface area contributed by atoms with Gasteiger partial charge in [0.2, 0.25) is 0 Å². The van der Waals surface area contributed by atoms with Crippen LogP contribution in [-0.2, 0) is 15.6 Å². The normalized spacial score (nSPS) is 30.5. The smallest absolute Gasteiger partial charge is 0.190 e. The van der Waals surface area contributed by atoms with Crippen LogP contribution >= 0.6 is 11.8 Å². The van der Waals surface area contributed by atoms with E-state index in [1.807, 2.05) is 0 Å². The van der Waals surface area contributed by atoms with Crippen LogP contribution in [0.15, 0.2) is 0 Å². The van der Waals surface area contributed by atoms with E-state index < -0.39 is 10.8 Å². The molecule has 1 fully saturated rings. The molecular weight excluding hydrogens is 144 g/mol. The molecule has 8 heavy (non-hydrogen) atoms. The highest BCUT2D eigenvalue weighted by atomic mass is 32.2. The Kier molecular flexibility index (Phi) is 2.08. The molecule has 46 valence electrons. The number of thioether (sulfide) groups is 1. The van der Waals surface area contributed by atoms with Crippen molar-refractivity contribution in [3.05, 3.63) is 0 Å². The van der Waals surface area contributed by atoms with Crippen molar-refractivity contribution < 1.29 is 9.00 Å². The third kappa shape index (κ3) is 1.59. The summed E-state index contributed by atoms with van der Waals surface area (Å²) >= 11 is 1.19. The number of hydrogen-bond acceptors (Lipinski definition) is 3. The molecule has 0 radical (unpaired) electrons. The highest BCUT2D eigenvalue weighted by Crippen LogP contribution is 2.13. The molecule has 0 aromatic rings. The zero-order valence-electron chi connectivity index (χ0n) is 4.25. The Labute approximate surface area is 54.5 Å². The zero-order chi connectivity index (χ0) is 5.98. The van der Waals surface area contributed by atoms with Crippen LogP contribution in [0, 0.1) is 0 Å². The van der Waals surface area contributed by atoms with Gasteiger partial charge < -0.3 is 0 Å². The summed E-state index contributed by atoms with van der Waals surface area (Å²) in [6.07, 6.45) is 0.497. The molecule has 0 aromatic carbocycles. The molecule has 0 spiro atoms. The average molecular weight is 150 g/mol. The second-order valence-corrected chi connectivity index (χ2v) is 4.50. The second kappa shape index (κ2) is 2.64. The minimum Gasteiger partial charge on any atom is -0.287 e. The topological polar surface area (TPSA) is 34.1 Å². The summed E-state index contributed by atoms with van der Waals surface area (Å²) in [6, 6.07) is 0. The molecule has 0 N–H and O–H groups in total. The first-order chi connectivity index (χ1) is 3.79. The molecule has 1 atom stereocenters. The van der Waals surface area contributed by atoms with Crippen LogP contribution in [-0.4, -0.2) is 20.2 Å². The van der Waals surface area contributed by atoms with Gasteiger partial charge in [-0.05, 0) is 0 Å². The van der Waals surface area contributed by atoms with E-state index in [-0.39, 0.29) is 5.12 Å². The summed E-state index contributed by atoms with van der Waals surface area (Å²) in [7, 11) is -0.719. The van der Waals surface area contributed by atoms with Crippen molar-refractivity contribution in [3.63, 3.8) is 0 Å². The number of carbonyl (C=O) groups excluding carboxylic acids is 1. The van der Waals surface area contributed by atoms with Crippen LogP contribution in [0.25, 0.3) is 0 Å². The lowest BCUT2D eigenvalue weighted by atomic mass is 10.5. The molecule has 0 aromatic heterocycles. The lowest BCUT2D eigenvalue weighted by Crippen LogP contribution is -2.11. The molecule has 0 amide bonds. The van der Waals surface area contributed by atoms with Crippen molar-refractivity contribution in [1.82, 2.24) is 0 Å². The molecule has 0 saturated carbocycles. The third-order valence-electron chi connectivity index (χ3n) is 0.885. The molecule has 1 unspecified atom stereocenters. The lowest BCUT2D eigenvalue weighted by Gasteiger charge is -2.05. The van der Waals surface area contributed by atoms with Gasteiger partial charge in [-0.2, -0.15) is 0 Å². The summed E-state index contributed by atoms with van der Waals surface area (Å²) < 4.78 is 10.5. The molecule has 1 aliphatic heterocycles. The van der Waals surface area contributed by atoms with E-state index in [0.29, 0.717) is 17.3 Å². The van der Waals surface area contributed by atoms with Crippen LogP contribution in [0.4, 0.5) is 0 Å². The molecule has 2 nitrogen and oxygen atoms in total. The van der Waals surface area contributed by atoms with Crippen molar-refractivity contribution in [2.45, 2.75) is 6.42 Å². The van der Waals surface area contributed by atoms with Gasteiger partial charge in [0, 0.05) is 23.0 Å². The van der Waals surface area contributed by atoms with Crippen molar-refractivity contribution >= 4 is 27.7 Å². The molecular formula is C4H6O2S2. The van der Waals surface area contributed by atoms with Crippen molar-refractivity contribution in [3.8, 4) is 0 Å². The van der Waals surface area contributed by atoms with Crippen LogP contribution in [0.5, 0.6) is 0 Å². The third-order valence-corrected chi connectivity index (χ3v) is 3.59. The molecule has 1 saturated heterocycles. The summed E-state index contributed by atoms with van der Waals surface area (Å²) in [5.41, 5.74) is 0. The van der Waals surface area contributed by atoms with Crippen molar-refractivity contribution in [2.75, 3.05) is 10.8 Å². The van der Waals surface area contributed by atoms with Crippen LogP contribution in [0.2, 0.25) is 0 Å². The molecule has 1 heterocycles. The quantitative estimate of drug-likeness (QED) is 0.500. The highest BCUT2D eigenvalue weighted by molar-refractivity contribution is 8.21. The van der Waals surface area contributed by atoms with Gasteiger partial charge in [0.25, 0.3) is 0 Å². The second-order valence-electron chi connectivity index (χ2n) is 1.53. The number of rotatable bonds is 0. The van der Waals surface area contributed by atoms with E-state index in [1.54, 1.807) is 0 Å². The van der Waals surface area contributed by atoms with Gasteiger partial charge in [0.05, 0.1) is 5.08 Å². The van der Waals surface area contributed by atoms with E-state index in [0.717, 1.165) is 0 Å². The monoisotopic (exact) mass is 150 g/mol. The van der Waals surface area contributed by atoms with E-state index in [9.17, 15) is 9.00 Å². The Balaban J connectivity index is 2.40. The standard InChI is InChI=1S/C4H6O2S2/c5-4-1-2-8(6)3-7-4/h1-3H2. The summed E-state index contributed by atoms with van der Waals surface area (Å²) in [6.45, 7) is 0. The Hall–Kier alpha value is 0.170. The Morgan fingerprint density at radius 1 is 1.62 bits per heavy atom. The minimum absolute atomic E-state index is 0.185. The van der Waals surface area contributed by atoms with Gasteiger partial charge in [-0.1, -0.05) is 11.8 Å². The SMILES string of the molecule is O=C1CCS(=O)CS1. The first-order valence-electron chi connectivity index (χ1n) is 2.29. The predicted molar refractivity (Wildman–Crippen MR) is 35.1 cm³/mol. The molecule has 4 heteroatoms. The molecule has 1 rings (SSSR count). The van der Waals surface area contributed by atoms with E-state index >= 15 is 0 Å². The Bertz CT molecular complexity index is 104. The maximum atomic E-state index is 10.5. The first kappa shape index (κ1) is 6.29. The van der Waals surface area contributed by atoms with Crippen molar-refractivity contribution in [1.29, 1.82) is 0 Å². The van der Waals surface area contributed by atoms with Crippen molar-refractivity contribution in [2.24, 2.45) is 0 Å². The van der Waals surface area contributed by atoms with Crippen LogP contribution in [0.3, 0.4) is 0 Å². The van der Waals surface area contributed by atoms with E-state index in [4.69, 9.17) is 0 Å². The van der Waals surface area contributed by atoms with Crippen LogP contribution < -0.4 is 0 Å². The predicted octanol–water partition coefficient (Wildman–Crippen LogP) is 0.356. The fourth-order valence-corrected chi connectivity index (χ4v) is 2.77. The largest absolute Gasteiger partial charge is 0.287 e. The molecule has 0 bridgehead atoms. The first-order valence-corrected chi connectivity index (χ1v) is 4.77. The van der Waals surface area contributed by atoms with Gasteiger partial charge in [-0.15, -0.1) is 0 Å². The van der Waals surface area contributed by atoms with Gasteiger partial charge >= 0.3 is 0 Å². The van der Waals surface area contributed by atoms with E-state index in [1.165, 1.54) is 11.8 Å². The van der Waals surface area contributed by atoms with Gasteiger partial charge in [-0.25, -0.2) is 0 Å². The number of hydrogen-bond donors (Lipinski definition) is 0. The number of carbonyl (C=O) groups is 1. The highest BCUT2D eigenvalue weighted by Gasteiger charge is 2.13. The Morgan fingerprint density at radius 3 is 2.75 bits per heavy atom. The minimum atomic E-state index is -0.719. The van der Waals surface area contributed by atoms with Gasteiger partial charge in [-0.3, -0.25) is 9.00 Å².